The van der Waals surface area contributed by atoms with Crippen LogP contribution in [-0.4, -0.2) is 43.5 Å². The van der Waals surface area contributed by atoms with Crippen molar-refractivity contribution >= 4 is 39.0 Å². The number of carbonyl (C=O) groups excluding carboxylic acids is 2. The molecule has 218 valence electrons. The molecule has 0 radical (unpaired) electrons. The molecule has 0 aromatic heterocycles. The number of sulfone groups is 1. The highest BCUT2D eigenvalue weighted by Crippen LogP contribution is 2.48. The fourth-order valence-corrected chi connectivity index (χ4v) is 6.88. The molecule has 0 aliphatic carbocycles. The lowest BCUT2D eigenvalue weighted by Gasteiger charge is -2.27. The van der Waals surface area contributed by atoms with E-state index in [2.05, 4.69) is 30.2 Å². The molecule has 0 spiro atoms. The van der Waals surface area contributed by atoms with Crippen LogP contribution < -0.4 is 4.90 Å². The number of rotatable bonds is 10. The summed E-state index contributed by atoms with van der Waals surface area (Å²) in [5.74, 6) is -2.72. The number of allylic oxidation sites excluding steroid dienone is 1. The third kappa shape index (κ3) is 5.41. The summed E-state index contributed by atoms with van der Waals surface area (Å²) in [6, 6.07) is 15.6. The predicted octanol–water partition coefficient (Wildman–Crippen LogP) is 5.84. The minimum absolute atomic E-state index is 0.000434. The number of hydrogen-bond acceptors (Lipinski definition) is 8. The van der Waals surface area contributed by atoms with Gasteiger partial charge in [-0.15, -0.1) is 0 Å². The first-order valence-electron chi connectivity index (χ1n) is 13.8. The zero-order valence-electron chi connectivity index (χ0n) is 23.9. The standard InChI is InChI=1S/C32H33N3O6S/c1-5-7-17-34(18-8-6-2)24-15-13-23(14-16-24)19-28-30(25-11-9-10-12-27(25)42(28,39)40)29-21(3)26(20-33)31(36)35(32(29)37)22(4)41-38/h9-16,19,38H,4-8,17-18H2,1-3H3/b28-19-,30-29+. The summed E-state index contributed by atoms with van der Waals surface area (Å²) in [6.07, 6.45) is 5.76. The van der Waals surface area contributed by atoms with Crippen LogP contribution in [0.5, 0.6) is 0 Å². The molecular weight excluding hydrogens is 554 g/mol. The van der Waals surface area contributed by atoms with Crippen molar-refractivity contribution in [3.8, 4) is 6.07 Å². The van der Waals surface area contributed by atoms with E-state index in [1.807, 2.05) is 24.3 Å². The minimum atomic E-state index is -4.09. The first-order valence-corrected chi connectivity index (χ1v) is 15.3. The van der Waals surface area contributed by atoms with Gasteiger partial charge in [-0.25, -0.2) is 18.6 Å². The lowest BCUT2D eigenvalue weighted by Crippen LogP contribution is -2.42. The second kappa shape index (κ2) is 12.6. The van der Waals surface area contributed by atoms with Crippen LogP contribution in [0.2, 0.25) is 0 Å². The number of nitrogens with zero attached hydrogens (tertiary/aromatic N) is 3. The van der Waals surface area contributed by atoms with E-state index in [0.29, 0.717) is 10.5 Å². The van der Waals surface area contributed by atoms with Crippen molar-refractivity contribution < 1.29 is 28.2 Å². The third-order valence-electron chi connectivity index (χ3n) is 7.40. The molecule has 0 bridgehead atoms. The summed E-state index contributed by atoms with van der Waals surface area (Å²) >= 11 is 0. The van der Waals surface area contributed by atoms with Gasteiger partial charge in [0.15, 0.2) is 0 Å². The molecule has 0 atom stereocenters. The smallest absolute Gasteiger partial charge is 0.278 e. The minimum Gasteiger partial charge on any atom is -0.372 e. The highest BCUT2D eigenvalue weighted by Gasteiger charge is 2.45. The molecule has 2 heterocycles. The van der Waals surface area contributed by atoms with Crippen LogP contribution in [0.4, 0.5) is 5.69 Å². The Morgan fingerprint density at radius 2 is 1.64 bits per heavy atom. The van der Waals surface area contributed by atoms with Gasteiger partial charge < -0.3 is 9.79 Å². The quantitative estimate of drug-likeness (QED) is 0.121. The summed E-state index contributed by atoms with van der Waals surface area (Å²) in [5.41, 5.74) is 1.38. The Kier molecular flexibility index (Phi) is 9.14. The first-order chi connectivity index (χ1) is 20.1. The van der Waals surface area contributed by atoms with E-state index in [9.17, 15) is 28.5 Å². The summed E-state index contributed by atoms with van der Waals surface area (Å²) in [7, 11) is -4.09. The fourth-order valence-electron chi connectivity index (χ4n) is 5.16. The van der Waals surface area contributed by atoms with Gasteiger partial charge in [0.2, 0.25) is 15.7 Å². The van der Waals surface area contributed by atoms with Crippen molar-refractivity contribution in [1.82, 2.24) is 4.90 Å². The molecule has 2 aliphatic rings. The summed E-state index contributed by atoms with van der Waals surface area (Å²) in [5, 5.41) is 18.9. The maximum atomic E-state index is 13.9. The molecule has 2 amide bonds. The SMILES string of the molecule is C=C(OO)N1C(=O)C(C#N)=C(C)/C(=C2\C(=C\c3ccc(N(CCCC)CCCC)cc3)S(=O)(=O)c3ccccc32)C1=O. The second-order valence-electron chi connectivity index (χ2n) is 10.1. The zero-order valence-corrected chi connectivity index (χ0v) is 24.7. The molecular formula is C32H33N3O6S. The molecule has 0 unspecified atom stereocenters. The molecule has 2 aliphatic heterocycles. The second-order valence-corrected chi connectivity index (χ2v) is 12.0. The van der Waals surface area contributed by atoms with Crippen molar-refractivity contribution in [1.29, 1.82) is 5.26 Å². The average molecular weight is 588 g/mol. The van der Waals surface area contributed by atoms with Crippen LogP contribution in [0.1, 0.15) is 57.6 Å². The van der Waals surface area contributed by atoms with E-state index in [1.54, 1.807) is 24.3 Å². The lowest BCUT2D eigenvalue weighted by molar-refractivity contribution is -0.222. The normalized spacial score (nSPS) is 18.7. The van der Waals surface area contributed by atoms with Crippen LogP contribution in [0.25, 0.3) is 11.6 Å². The van der Waals surface area contributed by atoms with Gasteiger partial charge in [0, 0.05) is 29.9 Å². The first kappa shape index (κ1) is 30.5. The molecule has 0 fully saturated rings. The monoisotopic (exact) mass is 587 g/mol. The maximum Gasteiger partial charge on any atom is 0.278 e. The van der Waals surface area contributed by atoms with Crippen molar-refractivity contribution in [3.05, 3.63) is 93.7 Å². The van der Waals surface area contributed by atoms with Crippen LogP contribution in [0.15, 0.2) is 87.5 Å². The molecule has 4 rings (SSSR count). The van der Waals surface area contributed by atoms with Crippen molar-refractivity contribution in [2.45, 2.75) is 51.3 Å². The Bertz CT molecular complexity index is 1670. The van der Waals surface area contributed by atoms with Crippen molar-refractivity contribution in [2.75, 3.05) is 18.0 Å². The number of nitriles is 1. The van der Waals surface area contributed by atoms with Crippen LogP contribution in [-0.2, 0) is 24.3 Å². The summed E-state index contributed by atoms with van der Waals surface area (Å²) in [4.78, 5) is 33.3. The van der Waals surface area contributed by atoms with Crippen molar-refractivity contribution in [2.24, 2.45) is 0 Å². The Morgan fingerprint density at radius 3 is 2.21 bits per heavy atom. The number of fused-ring (bicyclic) bond motifs is 1. The van der Waals surface area contributed by atoms with Gasteiger partial charge in [0.25, 0.3) is 11.8 Å². The van der Waals surface area contributed by atoms with Gasteiger partial charge in [0.1, 0.15) is 11.6 Å². The molecule has 1 N–H and O–H groups in total. The van der Waals surface area contributed by atoms with E-state index < -0.39 is 33.1 Å². The molecule has 2 aromatic rings. The van der Waals surface area contributed by atoms with Gasteiger partial charge in [-0.1, -0.05) is 57.0 Å². The van der Waals surface area contributed by atoms with E-state index in [0.717, 1.165) is 44.5 Å². The van der Waals surface area contributed by atoms with Crippen LogP contribution in [0, 0.1) is 11.3 Å². The molecule has 42 heavy (non-hydrogen) atoms. The maximum absolute atomic E-state index is 13.9. The van der Waals surface area contributed by atoms with Gasteiger partial charge in [-0.05, 0) is 61.8 Å². The van der Waals surface area contributed by atoms with E-state index >= 15 is 0 Å². The highest BCUT2D eigenvalue weighted by atomic mass is 32.2. The Balaban J connectivity index is 1.94. The van der Waals surface area contributed by atoms with E-state index in [4.69, 9.17) is 0 Å². The topological polar surface area (TPSA) is 128 Å². The third-order valence-corrected chi connectivity index (χ3v) is 9.24. The zero-order chi connectivity index (χ0) is 30.6. The lowest BCUT2D eigenvalue weighted by atomic mass is 9.88. The molecule has 0 saturated carbocycles. The summed E-state index contributed by atoms with van der Waals surface area (Å²) in [6.45, 7) is 10.9. The number of hydrogen-bond donors (Lipinski definition) is 1. The van der Waals surface area contributed by atoms with Crippen molar-refractivity contribution in [3.63, 3.8) is 0 Å². The van der Waals surface area contributed by atoms with E-state index in [-0.39, 0.29) is 32.1 Å². The molecule has 0 saturated heterocycles. The Morgan fingerprint density at radius 1 is 1.02 bits per heavy atom. The number of anilines is 1. The number of amides is 2. The number of carbonyl (C=O) groups is 2. The predicted molar refractivity (Wildman–Crippen MR) is 160 cm³/mol. The average Bonchev–Trinajstić information content (AvgIpc) is 3.19. The van der Waals surface area contributed by atoms with Crippen LogP contribution >= 0.6 is 0 Å². The van der Waals surface area contributed by atoms with Crippen LogP contribution in [0.3, 0.4) is 0 Å². The Labute approximate surface area is 246 Å². The number of unbranched alkanes of at least 4 members (excludes halogenated alkanes) is 2. The number of benzene rings is 2. The van der Waals surface area contributed by atoms with E-state index in [1.165, 1.54) is 19.1 Å². The Hall–Kier alpha value is -4.46. The van der Waals surface area contributed by atoms with Gasteiger partial charge >= 0.3 is 0 Å². The number of imide groups is 1. The largest absolute Gasteiger partial charge is 0.372 e. The summed E-state index contributed by atoms with van der Waals surface area (Å²) < 4.78 is 27.8. The molecule has 2 aromatic carbocycles. The van der Waals surface area contributed by atoms with Gasteiger partial charge in [0.05, 0.1) is 15.4 Å². The molecule has 10 heteroatoms. The fraction of sp³-hybridized carbons (Fsp3) is 0.281. The van der Waals surface area contributed by atoms with Gasteiger partial charge in [-0.3, -0.25) is 9.59 Å². The molecule has 9 nitrogen and oxygen atoms in total. The highest BCUT2D eigenvalue weighted by molar-refractivity contribution is 7.96. The van der Waals surface area contributed by atoms with Gasteiger partial charge in [-0.2, -0.15) is 5.26 Å².